The molecule has 0 radical (unpaired) electrons. The van der Waals surface area contributed by atoms with Gasteiger partial charge in [-0.2, -0.15) is 13.2 Å². The number of rotatable bonds is 9. The maximum Gasteiger partial charge on any atom is 0.418 e. The van der Waals surface area contributed by atoms with E-state index < -0.39 is 11.7 Å². The zero-order valence-electron chi connectivity index (χ0n) is 19.3. The van der Waals surface area contributed by atoms with Crippen LogP contribution < -0.4 is 4.90 Å². The summed E-state index contributed by atoms with van der Waals surface area (Å²) < 4.78 is 40.6. The number of para-hydroxylation sites is 1. The van der Waals surface area contributed by atoms with Gasteiger partial charge in [-0.15, -0.1) is 11.8 Å². The molecule has 9 heteroatoms. The monoisotopic (exact) mass is 489 g/mol. The third kappa shape index (κ3) is 5.41. The van der Waals surface area contributed by atoms with Gasteiger partial charge in [0, 0.05) is 56.6 Å². The number of aromatic nitrogens is 2. The van der Waals surface area contributed by atoms with E-state index in [9.17, 15) is 13.2 Å². The number of likely N-dealkylation sites (tertiary alicyclic amines) is 1. The molecule has 2 unspecified atom stereocenters. The molecule has 0 amide bonds. The number of alkyl halides is 3. The molecule has 2 aliphatic heterocycles. The van der Waals surface area contributed by atoms with Gasteiger partial charge in [0.15, 0.2) is 0 Å². The first kappa shape index (κ1) is 24.6. The highest BCUT2D eigenvalue weighted by Crippen LogP contribution is 2.41. The van der Waals surface area contributed by atoms with Crippen molar-refractivity contribution in [3.63, 3.8) is 0 Å². The Bertz CT molecular complexity index is 1010. The number of thioether (sulfide) groups is 1. The topological polar surface area (TPSA) is 35.5 Å². The van der Waals surface area contributed by atoms with Crippen LogP contribution in [0.15, 0.2) is 61.0 Å². The largest absolute Gasteiger partial charge is 0.418 e. The Hall–Kier alpha value is -2.52. The Kier molecular flexibility index (Phi) is 7.52. The SMILES string of the molecule is C=C(SCCCN1CC2CCN(c3ccccc3C(F)(F)F)C2C1)N(C)C(=C)c1cnccn1. The molecule has 34 heavy (non-hydrogen) atoms. The van der Waals surface area contributed by atoms with Gasteiger partial charge in [0.05, 0.1) is 22.5 Å². The van der Waals surface area contributed by atoms with E-state index in [0.717, 1.165) is 49.0 Å². The van der Waals surface area contributed by atoms with Crippen LogP contribution in [-0.4, -0.2) is 64.8 Å². The third-order valence-corrected chi connectivity index (χ3v) is 7.77. The number of hydrogen-bond donors (Lipinski definition) is 0. The van der Waals surface area contributed by atoms with E-state index >= 15 is 0 Å². The van der Waals surface area contributed by atoms with Gasteiger partial charge in [0.1, 0.15) is 5.69 Å². The number of hydrogen-bond acceptors (Lipinski definition) is 6. The van der Waals surface area contributed by atoms with E-state index in [1.165, 1.54) is 12.1 Å². The summed E-state index contributed by atoms with van der Waals surface area (Å²) in [5.74, 6) is 1.33. The number of benzene rings is 1. The van der Waals surface area contributed by atoms with E-state index in [1.807, 2.05) is 16.8 Å². The fraction of sp³-hybridized carbons (Fsp3) is 0.440. The molecule has 2 atom stereocenters. The van der Waals surface area contributed by atoms with Crippen LogP contribution in [0.1, 0.15) is 24.1 Å². The first-order chi connectivity index (χ1) is 16.3. The van der Waals surface area contributed by atoms with Gasteiger partial charge in [-0.3, -0.25) is 9.97 Å². The fourth-order valence-electron chi connectivity index (χ4n) is 4.84. The predicted octanol–water partition coefficient (Wildman–Crippen LogP) is 5.20. The number of fused-ring (bicyclic) bond motifs is 1. The van der Waals surface area contributed by atoms with E-state index in [2.05, 4.69) is 28.0 Å². The maximum absolute atomic E-state index is 13.5. The molecule has 4 rings (SSSR count). The highest BCUT2D eigenvalue weighted by Gasteiger charge is 2.44. The van der Waals surface area contributed by atoms with Crippen molar-refractivity contribution in [1.82, 2.24) is 19.8 Å². The molecule has 2 fully saturated rings. The van der Waals surface area contributed by atoms with Gasteiger partial charge in [-0.25, -0.2) is 0 Å². The summed E-state index contributed by atoms with van der Waals surface area (Å²) in [6, 6.07) is 6.11. The summed E-state index contributed by atoms with van der Waals surface area (Å²) in [6.07, 6.45) is 2.52. The van der Waals surface area contributed by atoms with Gasteiger partial charge in [-0.1, -0.05) is 25.3 Å². The highest BCUT2D eigenvalue weighted by atomic mass is 32.2. The van der Waals surface area contributed by atoms with Crippen LogP contribution in [0.3, 0.4) is 0 Å². The maximum atomic E-state index is 13.5. The zero-order valence-corrected chi connectivity index (χ0v) is 20.2. The minimum atomic E-state index is -4.34. The lowest BCUT2D eigenvalue weighted by atomic mass is 10.0. The van der Waals surface area contributed by atoms with E-state index in [4.69, 9.17) is 0 Å². The molecule has 182 valence electrons. The highest BCUT2D eigenvalue weighted by molar-refractivity contribution is 8.02. The van der Waals surface area contributed by atoms with Crippen molar-refractivity contribution in [2.45, 2.75) is 25.1 Å². The molecule has 5 nitrogen and oxygen atoms in total. The lowest BCUT2D eigenvalue weighted by Gasteiger charge is -2.29. The molecule has 0 N–H and O–H groups in total. The molecule has 0 bridgehead atoms. The van der Waals surface area contributed by atoms with Gasteiger partial charge >= 0.3 is 6.18 Å². The first-order valence-corrected chi connectivity index (χ1v) is 12.4. The van der Waals surface area contributed by atoms with Crippen LogP contribution in [0.4, 0.5) is 18.9 Å². The van der Waals surface area contributed by atoms with E-state index in [0.29, 0.717) is 23.8 Å². The smallest absolute Gasteiger partial charge is 0.366 e. The quantitative estimate of drug-likeness (QED) is 0.451. The standard InChI is InChI=1S/C25H30F3N5S/c1-18(22-15-29-10-11-30-22)31(3)19(2)34-14-6-12-32-16-20-9-13-33(24(20)17-32)23-8-5-4-7-21(23)25(26,27)28/h4-5,7-8,10-11,15,20,24H,1-2,6,9,12-14,16-17H2,3H3. The van der Waals surface area contributed by atoms with Crippen molar-refractivity contribution in [3.05, 3.63) is 72.3 Å². The molecule has 2 saturated heterocycles. The molecule has 0 saturated carbocycles. The summed E-state index contributed by atoms with van der Waals surface area (Å²) in [7, 11) is 1.92. The summed E-state index contributed by atoms with van der Waals surface area (Å²) in [6.45, 7) is 11.6. The van der Waals surface area contributed by atoms with Crippen LogP contribution in [0.5, 0.6) is 0 Å². The van der Waals surface area contributed by atoms with Gasteiger partial charge in [0.2, 0.25) is 0 Å². The minimum Gasteiger partial charge on any atom is -0.366 e. The zero-order chi connectivity index (χ0) is 24.3. The lowest BCUT2D eigenvalue weighted by molar-refractivity contribution is -0.137. The second kappa shape index (κ2) is 10.4. The molecule has 2 aliphatic rings. The van der Waals surface area contributed by atoms with Crippen molar-refractivity contribution in [2.75, 3.05) is 43.9 Å². The van der Waals surface area contributed by atoms with Crippen molar-refractivity contribution in [3.8, 4) is 0 Å². The summed E-state index contributed by atoms with van der Waals surface area (Å²) in [5, 5.41) is 0.892. The van der Waals surface area contributed by atoms with Crippen molar-refractivity contribution in [2.24, 2.45) is 5.92 Å². The average Bonchev–Trinajstić information content (AvgIpc) is 3.41. The second-order valence-corrected chi connectivity index (χ2v) is 9.94. The molecule has 3 heterocycles. The van der Waals surface area contributed by atoms with Crippen LogP contribution >= 0.6 is 11.8 Å². The number of anilines is 1. The molecule has 1 aromatic heterocycles. The molecule has 0 spiro atoms. The molecule has 2 aromatic rings. The van der Waals surface area contributed by atoms with E-state index in [-0.39, 0.29) is 6.04 Å². The molecule has 1 aromatic carbocycles. The van der Waals surface area contributed by atoms with Crippen molar-refractivity contribution < 1.29 is 13.2 Å². The number of halogens is 3. The Morgan fingerprint density at radius 2 is 2.00 bits per heavy atom. The van der Waals surface area contributed by atoms with Crippen LogP contribution in [0, 0.1) is 5.92 Å². The fourth-order valence-corrected chi connectivity index (χ4v) is 5.65. The van der Waals surface area contributed by atoms with Gasteiger partial charge in [-0.05, 0) is 37.4 Å². The summed E-state index contributed by atoms with van der Waals surface area (Å²) in [4.78, 5) is 14.7. The third-order valence-electron chi connectivity index (χ3n) is 6.67. The van der Waals surface area contributed by atoms with Crippen LogP contribution in [0.2, 0.25) is 0 Å². The van der Waals surface area contributed by atoms with E-state index in [1.54, 1.807) is 42.5 Å². The molecule has 0 aliphatic carbocycles. The lowest BCUT2D eigenvalue weighted by Crippen LogP contribution is -2.36. The normalized spacial score (nSPS) is 20.4. The molecular weight excluding hydrogens is 459 g/mol. The van der Waals surface area contributed by atoms with Crippen molar-refractivity contribution in [1.29, 1.82) is 0 Å². The minimum absolute atomic E-state index is 0.146. The summed E-state index contributed by atoms with van der Waals surface area (Å²) >= 11 is 1.67. The van der Waals surface area contributed by atoms with Gasteiger partial charge < -0.3 is 14.7 Å². The Morgan fingerprint density at radius 1 is 1.21 bits per heavy atom. The Labute approximate surface area is 203 Å². The predicted molar refractivity (Wildman–Crippen MR) is 132 cm³/mol. The summed E-state index contributed by atoms with van der Waals surface area (Å²) in [5.41, 5.74) is 1.25. The Balaban J connectivity index is 1.25. The Morgan fingerprint density at radius 3 is 2.74 bits per heavy atom. The van der Waals surface area contributed by atoms with Crippen LogP contribution in [0.25, 0.3) is 5.70 Å². The van der Waals surface area contributed by atoms with Crippen molar-refractivity contribution >= 4 is 23.1 Å². The molecular formula is C25H30F3N5S. The average molecular weight is 490 g/mol. The number of nitrogens with zero attached hydrogens (tertiary/aromatic N) is 5. The van der Waals surface area contributed by atoms with Crippen LogP contribution in [-0.2, 0) is 6.18 Å². The second-order valence-electron chi connectivity index (χ2n) is 8.78. The van der Waals surface area contributed by atoms with Gasteiger partial charge in [0.25, 0.3) is 0 Å². The first-order valence-electron chi connectivity index (χ1n) is 11.4.